The number of nitrogens with one attached hydrogen (secondary N) is 2. The molecule has 7 nitrogen and oxygen atoms in total. The number of nitrogens with zero attached hydrogens (tertiary/aromatic N) is 2. The van der Waals surface area contributed by atoms with E-state index < -0.39 is 0 Å². The van der Waals surface area contributed by atoms with Gasteiger partial charge in [0.05, 0.1) is 13.2 Å². The lowest BCUT2D eigenvalue weighted by Crippen LogP contribution is -2.38. The van der Waals surface area contributed by atoms with Crippen molar-refractivity contribution in [2.75, 3.05) is 40.0 Å². The molecule has 0 aliphatic rings. The zero-order valence-corrected chi connectivity index (χ0v) is 18.7. The van der Waals surface area contributed by atoms with Crippen LogP contribution in [0.1, 0.15) is 12.5 Å². The summed E-state index contributed by atoms with van der Waals surface area (Å²) >= 11 is 0. The SMILES string of the molecule is CCNC(=NCc1ccc(OCCOc2ccccc2)nc1)NCCOC.I. The van der Waals surface area contributed by atoms with Crippen LogP contribution >= 0.6 is 24.0 Å². The molecule has 28 heavy (non-hydrogen) atoms. The van der Waals surface area contributed by atoms with E-state index in [-0.39, 0.29) is 24.0 Å². The highest BCUT2D eigenvalue weighted by atomic mass is 127. The number of guanidine groups is 1. The van der Waals surface area contributed by atoms with E-state index in [2.05, 4.69) is 20.6 Å². The minimum Gasteiger partial charge on any atom is -0.490 e. The molecule has 0 amide bonds. The van der Waals surface area contributed by atoms with Gasteiger partial charge in [-0.05, 0) is 24.6 Å². The molecule has 0 saturated heterocycles. The standard InChI is InChI=1S/C20H28N4O3.HI/c1-3-21-20(22-11-12-25-2)24-16-17-9-10-19(23-15-17)27-14-13-26-18-7-5-4-6-8-18;/h4-10,15H,3,11-14,16H2,1-2H3,(H2,21,22,24);1H. The van der Waals surface area contributed by atoms with Crippen molar-refractivity contribution in [1.82, 2.24) is 15.6 Å². The highest BCUT2D eigenvalue weighted by molar-refractivity contribution is 14.0. The Balaban J connectivity index is 0.00000392. The quantitative estimate of drug-likeness (QED) is 0.214. The summed E-state index contributed by atoms with van der Waals surface area (Å²) in [6, 6.07) is 13.5. The largest absolute Gasteiger partial charge is 0.490 e. The summed E-state index contributed by atoms with van der Waals surface area (Å²) in [5.41, 5.74) is 1.01. The maximum absolute atomic E-state index is 5.60. The minimum atomic E-state index is 0. The third-order valence-corrected chi connectivity index (χ3v) is 3.51. The van der Waals surface area contributed by atoms with E-state index in [1.54, 1.807) is 13.3 Å². The molecule has 154 valence electrons. The average molecular weight is 500 g/mol. The smallest absolute Gasteiger partial charge is 0.213 e. The fourth-order valence-electron chi connectivity index (χ4n) is 2.20. The predicted molar refractivity (Wildman–Crippen MR) is 122 cm³/mol. The van der Waals surface area contributed by atoms with Gasteiger partial charge in [0.1, 0.15) is 19.0 Å². The zero-order valence-electron chi connectivity index (χ0n) is 16.4. The van der Waals surface area contributed by atoms with E-state index in [4.69, 9.17) is 14.2 Å². The summed E-state index contributed by atoms with van der Waals surface area (Å²) in [7, 11) is 1.68. The van der Waals surface area contributed by atoms with Gasteiger partial charge in [0.15, 0.2) is 5.96 Å². The number of halogens is 1. The van der Waals surface area contributed by atoms with Gasteiger partial charge in [-0.25, -0.2) is 9.98 Å². The first kappa shape index (κ1) is 24.0. The van der Waals surface area contributed by atoms with Crippen molar-refractivity contribution >= 4 is 29.9 Å². The van der Waals surface area contributed by atoms with Crippen LogP contribution in [0.2, 0.25) is 0 Å². The number of methoxy groups -OCH3 is 1. The third-order valence-electron chi connectivity index (χ3n) is 3.51. The number of hydrogen-bond acceptors (Lipinski definition) is 5. The maximum Gasteiger partial charge on any atom is 0.213 e. The monoisotopic (exact) mass is 500 g/mol. The van der Waals surface area contributed by atoms with Crippen molar-refractivity contribution in [1.29, 1.82) is 0 Å². The second kappa shape index (κ2) is 14.9. The highest BCUT2D eigenvalue weighted by Gasteiger charge is 2.00. The zero-order chi connectivity index (χ0) is 19.2. The van der Waals surface area contributed by atoms with Crippen LogP contribution in [0, 0.1) is 0 Å². The van der Waals surface area contributed by atoms with E-state index in [1.165, 1.54) is 0 Å². The summed E-state index contributed by atoms with van der Waals surface area (Å²) in [4.78, 5) is 8.85. The lowest BCUT2D eigenvalue weighted by molar-refractivity contribution is 0.203. The molecule has 0 atom stereocenters. The molecule has 0 aliphatic heterocycles. The van der Waals surface area contributed by atoms with Crippen molar-refractivity contribution in [2.24, 2.45) is 4.99 Å². The van der Waals surface area contributed by atoms with Crippen LogP contribution in [0.15, 0.2) is 53.7 Å². The van der Waals surface area contributed by atoms with Crippen molar-refractivity contribution in [2.45, 2.75) is 13.5 Å². The Hall–Kier alpha value is -2.07. The van der Waals surface area contributed by atoms with E-state index in [0.29, 0.717) is 38.8 Å². The van der Waals surface area contributed by atoms with Crippen LogP contribution < -0.4 is 20.1 Å². The minimum absolute atomic E-state index is 0. The Morgan fingerprint density at radius 1 is 1.00 bits per heavy atom. The first-order chi connectivity index (χ1) is 13.3. The number of aliphatic imine (C=N–C) groups is 1. The first-order valence-electron chi connectivity index (χ1n) is 9.08. The lowest BCUT2D eigenvalue weighted by Gasteiger charge is -2.11. The summed E-state index contributed by atoms with van der Waals surface area (Å²) < 4.78 is 16.2. The second-order valence-corrected chi connectivity index (χ2v) is 5.63. The summed E-state index contributed by atoms with van der Waals surface area (Å²) in [6.45, 7) is 5.61. The van der Waals surface area contributed by atoms with Gasteiger partial charge in [-0.1, -0.05) is 24.3 Å². The molecule has 1 heterocycles. The molecule has 0 unspecified atom stereocenters. The number of rotatable bonds is 11. The lowest BCUT2D eigenvalue weighted by atomic mass is 10.3. The summed E-state index contributed by atoms with van der Waals surface area (Å²) in [5, 5.41) is 6.40. The van der Waals surface area contributed by atoms with Crippen molar-refractivity contribution < 1.29 is 14.2 Å². The van der Waals surface area contributed by atoms with Gasteiger partial charge < -0.3 is 24.8 Å². The van der Waals surface area contributed by atoms with E-state index in [1.807, 2.05) is 49.4 Å². The summed E-state index contributed by atoms with van der Waals surface area (Å²) in [5.74, 6) is 2.16. The molecule has 0 radical (unpaired) electrons. The molecule has 2 aromatic rings. The number of pyridine rings is 1. The van der Waals surface area contributed by atoms with Crippen LogP contribution in [-0.4, -0.2) is 51.0 Å². The molecule has 8 heteroatoms. The first-order valence-corrected chi connectivity index (χ1v) is 9.08. The van der Waals surface area contributed by atoms with Gasteiger partial charge in [-0.3, -0.25) is 0 Å². The van der Waals surface area contributed by atoms with Gasteiger partial charge in [0.25, 0.3) is 0 Å². The molecular formula is C20H29IN4O3. The number of benzene rings is 1. The summed E-state index contributed by atoms with van der Waals surface area (Å²) in [6.07, 6.45) is 1.77. The predicted octanol–water partition coefficient (Wildman–Crippen LogP) is 2.86. The normalized spacial score (nSPS) is 10.7. The molecule has 0 saturated carbocycles. The van der Waals surface area contributed by atoms with Crippen LogP contribution in [0.4, 0.5) is 0 Å². The molecule has 1 aromatic carbocycles. The van der Waals surface area contributed by atoms with E-state index >= 15 is 0 Å². The second-order valence-electron chi connectivity index (χ2n) is 5.63. The van der Waals surface area contributed by atoms with Crippen molar-refractivity contribution in [3.05, 3.63) is 54.2 Å². The molecule has 1 aromatic heterocycles. The Labute approximate surface area is 183 Å². The molecule has 0 bridgehead atoms. The molecule has 2 N–H and O–H groups in total. The van der Waals surface area contributed by atoms with E-state index in [9.17, 15) is 0 Å². The molecule has 0 aliphatic carbocycles. The van der Waals surface area contributed by atoms with Crippen molar-refractivity contribution in [3.63, 3.8) is 0 Å². The van der Waals surface area contributed by atoms with Gasteiger partial charge in [0.2, 0.25) is 5.88 Å². The van der Waals surface area contributed by atoms with E-state index in [0.717, 1.165) is 23.8 Å². The number of aromatic nitrogens is 1. The van der Waals surface area contributed by atoms with Gasteiger partial charge in [-0.2, -0.15) is 0 Å². The molecular weight excluding hydrogens is 471 g/mol. The van der Waals surface area contributed by atoms with Crippen LogP contribution in [0.25, 0.3) is 0 Å². The van der Waals surface area contributed by atoms with Gasteiger partial charge >= 0.3 is 0 Å². The topological polar surface area (TPSA) is 77.0 Å². The Morgan fingerprint density at radius 3 is 2.46 bits per heavy atom. The number of para-hydroxylation sites is 1. The molecule has 0 fully saturated rings. The fraction of sp³-hybridized carbons (Fsp3) is 0.400. The number of ether oxygens (including phenoxy) is 3. The maximum atomic E-state index is 5.60. The Morgan fingerprint density at radius 2 is 1.79 bits per heavy atom. The molecule has 0 spiro atoms. The van der Waals surface area contributed by atoms with Crippen molar-refractivity contribution in [3.8, 4) is 11.6 Å². The average Bonchev–Trinajstić information content (AvgIpc) is 2.71. The highest BCUT2D eigenvalue weighted by Crippen LogP contribution is 2.10. The van der Waals surface area contributed by atoms with Crippen LogP contribution in [0.3, 0.4) is 0 Å². The van der Waals surface area contributed by atoms with Gasteiger partial charge in [-0.15, -0.1) is 24.0 Å². The van der Waals surface area contributed by atoms with Gasteiger partial charge in [0, 0.05) is 32.5 Å². The van der Waals surface area contributed by atoms with Crippen LogP contribution in [0.5, 0.6) is 11.6 Å². The number of hydrogen-bond donors (Lipinski definition) is 2. The third kappa shape index (κ3) is 9.75. The van der Waals surface area contributed by atoms with Crippen LogP contribution in [-0.2, 0) is 11.3 Å². The molecule has 2 rings (SSSR count). The fourth-order valence-corrected chi connectivity index (χ4v) is 2.20. The Bertz CT molecular complexity index is 669. The Kier molecular flexibility index (Phi) is 12.8.